The van der Waals surface area contributed by atoms with Crippen molar-refractivity contribution < 1.29 is 36.9 Å². The minimum Gasteiger partial charge on any atom is -0.496 e. The number of rotatable bonds is 11. The monoisotopic (exact) mass is 666 g/mol. The summed E-state index contributed by atoms with van der Waals surface area (Å²) in [6, 6.07) is 17.0. The number of fused-ring (bicyclic) bond motifs is 1. The van der Waals surface area contributed by atoms with E-state index in [9.17, 15) is 22.4 Å². The normalized spacial score (nSPS) is 13.6. The van der Waals surface area contributed by atoms with Crippen molar-refractivity contribution in [2.24, 2.45) is 11.7 Å². The predicted octanol–water partition coefficient (Wildman–Crippen LogP) is 9.31. The molecule has 1 unspecified atom stereocenters. The molecule has 0 aliphatic heterocycles. The van der Waals surface area contributed by atoms with Gasteiger partial charge in [0.25, 0.3) is 0 Å². The number of anilines is 1. The van der Waals surface area contributed by atoms with Crippen molar-refractivity contribution in [1.82, 2.24) is 0 Å². The van der Waals surface area contributed by atoms with Crippen LogP contribution in [0, 0.1) is 18.7 Å². The third kappa shape index (κ3) is 8.03. The van der Waals surface area contributed by atoms with E-state index in [4.69, 9.17) is 20.3 Å². The van der Waals surface area contributed by atoms with E-state index in [1.165, 1.54) is 6.07 Å². The van der Waals surface area contributed by atoms with Gasteiger partial charge in [-0.1, -0.05) is 62.4 Å². The van der Waals surface area contributed by atoms with Gasteiger partial charge in [-0.25, -0.2) is 4.39 Å². The molecule has 0 aromatic heterocycles. The second kappa shape index (κ2) is 15.4. The fourth-order valence-corrected chi connectivity index (χ4v) is 6.25. The van der Waals surface area contributed by atoms with Gasteiger partial charge in [0.05, 0.1) is 19.8 Å². The highest BCUT2D eigenvalue weighted by atomic mass is 19.4. The van der Waals surface area contributed by atoms with Gasteiger partial charge < -0.3 is 25.6 Å². The molecule has 0 amide bonds. The SMILES string of the molecule is C=C(N)c1c(C)cc(NC(C2CCC2)C(F)(F)F)cc1F.CCc1ccc(OC)c(-c2cccc3c(CCC(=O)O)cccc23)c1OC. The van der Waals surface area contributed by atoms with Gasteiger partial charge in [0.1, 0.15) is 23.4 Å². The first kappa shape index (κ1) is 36.1. The Kier molecular flexibility index (Phi) is 11.6. The van der Waals surface area contributed by atoms with Crippen molar-refractivity contribution in [1.29, 1.82) is 0 Å². The van der Waals surface area contributed by atoms with E-state index >= 15 is 0 Å². The van der Waals surface area contributed by atoms with E-state index in [0.29, 0.717) is 24.8 Å². The fraction of sp³-hybridized carbons (Fsp3) is 0.342. The minimum atomic E-state index is -4.36. The second-order valence-corrected chi connectivity index (χ2v) is 11.9. The van der Waals surface area contributed by atoms with Gasteiger partial charge in [-0.2, -0.15) is 13.2 Å². The lowest BCUT2D eigenvalue weighted by Crippen LogP contribution is -2.45. The molecule has 6 nitrogen and oxygen atoms in total. The molecule has 0 bridgehead atoms. The zero-order chi connectivity index (χ0) is 35.2. The summed E-state index contributed by atoms with van der Waals surface area (Å²) in [6.45, 7) is 7.15. The van der Waals surface area contributed by atoms with Crippen LogP contribution in [-0.2, 0) is 17.6 Å². The van der Waals surface area contributed by atoms with Gasteiger partial charge in [-0.3, -0.25) is 4.79 Å². The molecule has 1 aliphatic rings. The molecule has 0 heterocycles. The summed E-state index contributed by atoms with van der Waals surface area (Å²) >= 11 is 0. The molecule has 1 fully saturated rings. The number of hydrogen-bond acceptors (Lipinski definition) is 5. The fourth-order valence-electron chi connectivity index (χ4n) is 6.25. The van der Waals surface area contributed by atoms with Gasteiger partial charge in [0.2, 0.25) is 0 Å². The molecular weight excluding hydrogens is 624 g/mol. The van der Waals surface area contributed by atoms with Crippen molar-refractivity contribution in [2.75, 3.05) is 19.5 Å². The lowest BCUT2D eigenvalue weighted by atomic mass is 9.79. The molecule has 48 heavy (non-hydrogen) atoms. The molecule has 4 aromatic rings. The first-order valence-electron chi connectivity index (χ1n) is 15.8. The summed E-state index contributed by atoms with van der Waals surface area (Å²) in [4.78, 5) is 11.0. The Hall–Kier alpha value is -4.73. The number of benzene rings is 4. The third-order valence-electron chi connectivity index (χ3n) is 8.80. The summed E-state index contributed by atoms with van der Waals surface area (Å²) in [6.07, 6.45) is -1.01. The van der Waals surface area contributed by atoms with E-state index in [2.05, 4.69) is 31.0 Å². The van der Waals surface area contributed by atoms with Crippen LogP contribution in [0.4, 0.5) is 23.2 Å². The molecule has 1 atom stereocenters. The average molecular weight is 667 g/mol. The smallest absolute Gasteiger partial charge is 0.408 e. The van der Waals surface area contributed by atoms with Gasteiger partial charge in [-0.15, -0.1) is 0 Å². The Labute approximate surface area is 278 Å². The van der Waals surface area contributed by atoms with Gasteiger partial charge in [0, 0.05) is 23.4 Å². The summed E-state index contributed by atoms with van der Waals surface area (Å²) in [5.74, 6) is -0.327. The summed E-state index contributed by atoms with van der Waals surface area (Å²) in [7, 11) is 3.34. The van der Waals surface area contributed by atoms with Crippen LogP contribution < -0.4 is 20.5 Å². The molecule has 0 spiro atoms. The molecule has 0 radical (unpaired) electrons. The van der Waals surface area contributed by atoms with Crippen LogP contribution in [0.15, 0.2) is 67.2 Å². The number of methoxy groups -OCH3 is 2. The Morgan fingerprint density at radius 2 is 1.73 bits per heavy atom. The quantitative estimate of drug-likeness (QED) is 0.138. The third-order valence-corrected chi connectivity index (χ3v) is 8.80. The molecule has 0 saturated heterocycles. The predicted molar refractivity (Wildman–Crippen MR) is 183 cm³/mol. The molecule has 10 heteroatoms. The lowest BCUT2D eigenvalue weighted by Gasteiger charge is -2.36. The number of hydrogen-bond donors (Lipinski definition) is 3. The Morgan fingerprint density at radius 3 is 2.27 bits per heavy atom. The summed E-state index contributed by atoms with van der Waals surface area (Å²) in [5, 5.41) is 13.6. The van der Waals surface area contributed by atoms with E-state index in [1.807, 2.05) is 36.4 Å². The largest absolute Gasteiger partial charge is 0.496 e. The standard InChI is InChI=1S/C23H24O4.C15H18F4N2/c1-4-15-11-13-20(26-2)22(23(15)27-3)19-10-6-8-17-16(12-14-21(24)25)7-5-9-18(17)19;1-8-6-11(7-12(16)13(8)9(2)20)21-14(15(17,18)19)10-4-3-5-10/h5-11,13H,4,12,14H2,1-3H3,(H,24,25);6-7,10,14,21H,2-5,20H2,1H3. The van der Waals surface area contributed by atoms with Crippen LogP contribution in [0.3, 0.4) is 0 Å². The highest BCUT2D eigenvalue weighted by Gasteiger charge is 2.46. The second-order valence-electron chi connectivity index (χ2n) is 11.9. The summed E-state index contributed by atoms with van der Waals surface area (Å²) in [5.41, 5.74) is 10.4. The zero-order valence-electron chi connectivity index (χ0n) is 27.6. The van der Waals surface area contributed by atoms with Crippen LogP contribution in [-0.4, -0.2) is 37.5 Å². The van der Waals surface area contributed by atoms with Crippen molar-refractivity contribution in [3.05, 3.63) is 95.3 Å². The van der Waals surface area contributed by atoms with Crippen LogP contribution in [0.5, 0.6) is 11.5 Å². The number of nitrogens with two attached hydrogens (primary N) is 1. The molecule has 1 aliphatic carbocycles. The number of ether oxygens (including phenoxy) is 2. The highest BCUT2D eigenvalue weighted by molar-refractivity contribution is 6.01. The maximum atomic E-state index is 13.9. The van der Waals surface area contributed by atoms with E-state index < -0.39 is 29.9 Å². The Balaban J connectivity index is 0.000000224. The Bertz CT molecular complexity index is 1760. The first-order chi connectivity index (χ1) is 22.8. The van der Waals surface area contributed by atoms with Crippen molar-refractivity contribution in [3.8, 4) is 22.6 Å². The van der Waals surface area contributed by atoms with E-state index in [-0.39, 0.29) is 23.4 Å². The Morgan fingerprint density at radius 1 is 1.04 bits per heavy atom. The number of alkyl halides is 3. The maximum absolute atomic E-state index is 13.9. The van der Waals surface area contributed by atoms with Crippen molar-refractivity contribution in [2.45, 2.75) is 64.6 Å². The number of nitrogens with one attached hydrogen (secondary N) is 1. The van der Waals surface area contributed by atoms with Crippen molar-refractivity contribution in [3.63, 3.8) is 0 Å². The topological polar surface area (TPSA) is 93.8 Å². The highest BCUT2D eigenvalue weighted by Crippen LogP contribution is 2.44. The van der Waals surface area contributed by atoms with Gasteiger partial charge in [-0.05, 0) is 89.8 Å². The van der Waals surface area contributed by atoms with Crippen molar-refractivity contribution >= 4 is 28.1 Å². The number of carboxylic acid groups (broad SMARTS) is 1. The number of carboxylic acids is 1. The molecule has 1 saturated carbocycles. The molecule has 4 N–H and O–H groups in total. The molecule has 4 aromatic carbocycles. The van der Waals surface area contributed by atoms with Crippen LogP contribution in [0.25, 0.3) is 27.6 Å². The van der Waals surface area contributed by atoms with Gasteiger partial charge >= 0.3 is 12.1 Å². The van der Waals surface area contributed by atoms with Crippen LogP contribution >= 0.6 is 0 Å². The minimum absolute atomic E-state index is 0.0583. The summed E-state index contributed by atoms with van der Waals surface area (Å²) < 4.78 is 64.6. The van der Waals surface area contributed by atoms with E-state index in [0.717, 1.165) is 63.4 Å². The molecule has 256 valence electrons. The lowest BCUT2D eigenvalue weighted by molar-refractivity contribution is -0.159. The average Bonchev–Trinajstić information content (AvgIpc) is 3.00. The van der Waals surface area contributed by atoms with Gasteiger partial charge in [0.15, 0.2) is 0 Å². The number of aryl methyl sites for hydroxylation is 3. The maximum Gasteiger partial charge on any atom is 0.408 e. The van der Waals surface area contributed by atoms with Crippen LogP contribution in [0.2, 0.25) is 0 Å². The van der Waals surface area contributed by atoms with Crippen LogP contribution in [0.1, 0.15) is 54.9 Å². The number of aliphatic carboxylic acids is 1. The van der Waals surface area contributed by atoms with E-state index in [1.54, 1.807) is 21.1 Å². The molecular formula is C38H42F4N2O4. The number of carbonyl (C=O) groups is 1. The number of halogens is 4. The molecule has 5 rings (SSSR count). The first-order valence-corrected chi connectivity index (χ1v) is 15.8. The zero-order valence-corrected chi connectivity index (χ0v) is 27.6.